The summed E-state index contributed by atoms with van der Waals surface area (Å²) in [5, 5.41) is 8.51. The van der Waals surface area contributed by atoms with E-state index in [1.54, 1.807) is 6.07 Å². The lowest BCUT2D eigenvalue weighted by atomic mass is 10.0. The van der Waals surface area contributed by atoms with Gasteiger partial charge in [0, 0.05) is 10.9 Å². The number of rotatable bonds is 2. The van der Waals surface area contributed by atoms with Crippen LogP contribution in [-0.2, 0) is 4.79 Å². The quantitative estimate of drug-likeness (QED) is 0.722. The fourth-order valence-corrected chi connectivity index (χ4v) is 1.43. The van der Waals surface area contributed by atoms with Gasteiger partial charge >= 0.3 is 0 Å². The minimum Gasteiger partial charge on any atom is -0.368 e. The molecule has 5 heteroatoms. The molecule has 0 spiro atoms. The molecule has 1 heterocycles. The van der Waals surface area contributed by atoms with Gasteiger partial charge < -0.3 is 11.5 Å². The van der Waals surface area contributed by atoms with Crippen LogP contribution < -0.4 is 11.5 Å². The van der Waals surface area contributed by atoms with Crippen LogP contribution in [0.15, 0.2) is 30.5 Å². The van der Waals surface area contributed by atoms with E-state index in [0.29, 0.717) is 11.1 Å². The standard InChI is InChI=1S/C10H10N4O/c11-9(10(12)15)7-5-13-14-8-4-2-1-3-6(7)8/h1-5,9H,11H2,(H2,12,15). The summed E-state index contributed by atoms with van der Waals surface area (Å²) in [5.41, 5.74) is 12.1. The van der Waals surface area contributed by atoms with Gasteiger partial charge in [0.25, 0.3) is 0 Å². The second-order valence-electron chi connectivity index (χ2n) is 3.20. The molecule has 0 aliphatic heterocycles. The van der Waals surface area contributed by atoms with Gasteiger partial charge in [-0.25, -0.2) is 0 Å². The van der Waals surface area contributed by atoms with Crippen LogP contribution >= 0.6 is 0 Å². The molecule has 15 heavy (non-hydrogen) atoms. The van der Waals surface area contributed by atoms with Crippen molar-refractivity contribution in [3.05, 3.63) is 36.0 Å². The lowest BCUT2D eigenvalue weighted by Gasteiger charge is -2.09. The fourth-order valence-electron chi connectivity index (χ4n) is 1.43. The van der Waals surface area contributed by atoms with E-state index in [2.05, 4.69) is 10.2 Å². The van der Waals surface area contributed by atoms with Gasteiger partial charge in [0.2, 0.25) is 5.91 Å². The van der Waals surface area contributed by atoms with Crippen LogP contribution in [0.1, 0.15) is 11.6 Å². The van der Waals surface area contributed by atoms with Gasteiger partial charge in [-0.3, -0.25) is 4.79 Å². The third-order valence-electron chi connectivity index (χ3n) is 2.22. The summed E-state index contributed by atoms with van der Waals surface area (Å²) in [6.07, 6.45) is 1.47. The molecule has 0 saturated heterocycles. The molecular weight excluding hydrogens is 192 g/mol. The number of aromatic nitrogens is 2. The van der Waals surface area contributed by atoms with E-state index in [9.17, 15) is 4.79 Å². The number of primary amides is 1. The highest BCUT2D eigenvalue weighted by molar-refractivity contribution is 5.89. The van der Waals surface area contributed by atoms with Crippen LogP contribution in [0.5, 0.6) is 0 Å². The fraction of sp³-hybridized carbons (Fsp3) is 0.100. The van der Waals surface area contributed by atoms with Crippen LogP contribution in [0.4, 0.5) is 0 Å². The van der Waals surface area contributed by atoms with Crippen LogP contribution in [0, 0.1) is 0 Å². The highest BCUT2D eigenvalue weighted by atomic mass is 16.1. The minimum atomic E-state index is -0.842. The number of carbonyl (C=O) groups excluding carboxylic acids is 1. The van der Waals surface area contributed by atoms with Crippen LogP contribution in [0.2, 0.25) is 0 Å². The molecule has 2 rings (SSSR count). The number of amides is 1. The first-order valence-corrected chi connectivity index (χ1v) is 4.45. The first-order chi connectivity index (χ1) is 7.20. The Kier molecular flexibility index (Phi) is 2.31. The van der Waals surface area contributed by atoms with Gasteiger partial charge in [-0.2, -0.15) is 10.2 Å². The molecule has 0 saturated carbocycles. The number of hydrogen-bond acceptors (Lipinski definition) is 4. The highest BCUT2D eigenvalue weighted by Crippen LogP contribution is 2.19. The molecule has 1 aromatic heterocycles. The molecule has 4 N–H and O–H groups in total. The zero-order valence-corrected chi connectivity index (χ0v) is 7.92. The van der Waals surface area contributed by atoms with Crippen molar-refractivity contribution in [2.24, 2.45) is 11.5 Å². The summed E-state index contributed by atoms with van der Waals surface area (Å²) in [6.45, 7) is 0. The number of hydrogen-bond donors (Lipinski definition) is 2. The average molecular weight is 202 g/mol. The lowest BCUT2D eigenvalue weighted by Crippen LogP contribution is -2.28. The van der Waals surface area contributed by atoms with Crippen molar-refractivity contribution < 1.29 is 4.79 Å². The maximum absolute atomic E-state index is 11.0. The van der Waals surface area contributed by atoms with Crippen molar-refractivity contribution in [2.45, 2.75) is 6.04 Å². The second kappa shape index (κ2) is 3.62. The Bertz CT molecular complexity index is 506. The van der Waals surface area contributed by atoms with E-state index >= 15 is 0 Å². The van der Waals surface area contributed by atoms with Crippen molar-refractivity contribution in [1.82, 2.24) is 10.2 Å². The number of benzene rings is 1. The smallest absolute Gasteiger partial charge is 0.239 e. The predicted molar refractivity (Wildman–Crippen MR) is 55.7 cm³/mol. The van der Waals surface area contributed by atoms with Gasteiger partial charge in [-0.15, -0.1) is 0 Å². The van der Waals surface area contributed by atoms with Gasteiger partial charge in [0.05, 0.1) is 11.7 Å². The third kappa shape index (κ3) is 1.64. The summed E-state index contributed by atoms with van der Waals surface area (Å²) >= 11 is 0. The van der Waals surface area contributed by atoms with Gasteiger partial charge in [-0.1, -0.05) is 18.2 Å². The molecule has 0 bridgehead atoms. The summed E-state index contributed by atoms with van der Waals surface area (Å²) in [6, 6.07) is 6.49. The molecule has 0 fully saturated rings. The molecular formula is C10H10N4O. The van der Waals surface area contributed by atoms with Gasteiger partial charge in [0.1, 0.15) is 6.04 Å². The topological polar surface area (TPSA) is 94.9 Å². The number of nitrogens with zero attached hydrogens (tertiary/aromatic N) is 2. The Morgan fingerprint density at radius 1 is 1.33 bits per heavy atom. The normalized spacial score (nSPS) is 12.6. The van der Waals surface area contributed by atoms with Crippen LogP contribution in [0.3, 0.4) is 0 Å². The zero-order chi connectivity index (χ0) is 10.8. The van der Waals surface area contributed by atoms with Crippen molar-refractivity contribution in [3.63, 3.8) is 0 Å². The Balaban J connectivity index is 2.65. The van der Waals surface area contributed by atoms with Gasteiger partial charge in [-0.05, 0) is 6.07 Å². The van der Waals surface area contributed by atoms with E-state index in [1.165, 1.54) is 6.20 Å². The molecule has 0 radical (unpaired) electrons. The molecule has 1 aromatic carbocycles. The van der Waals surface area contributed by atoms with E-state index in [4.69, 9.17) is 11.5 Å². The number of carbonyl (C=O) groups is 1. The zero-order valence-electron chi connectivity index (χ0n) is 7.92. The monoisotopic (exact) mass is 202 g/mol. The molecule has 1 atom stereocenters. The highest BCUT2D eigenvalue weighted by Gasteiger charge is 2.15. The van der Waals surface area contributed by atoms with E-state index in [1.807, 2.05) is 18.2 Å². The SMILES string of the molecule is NC(=O)C(N)c1cnnc2ccccc12. The first kappa shape index (κ1) is 9.54. The Morgan fingerprint density at radius 3 is 2.80 bits per heavy atom. The molecule has 0 aliphatic rings. The maximum Gasteiger partial charge on any atom is 0.239 e. The van der Waals surface area contributed by atoms with Crippen molar-refractivity contribution in [1.29, 1.82) is 0 Å². The summed E-state index contributed by atoms with van der Waals surface area (Å²) in [4.78, 5) is 11.0. The third-order valence-corrected chi connectivity index (χ3v) is 2.22. The Morgan fingerprint density at radius 2 is 2.07 bits per heavy atom. The molecule has 2 aromatic rings. The number of nitrogens with two attached hydrogens (primary N) is 2. The average Bonchev–Trinajstić information content (AvgIpc) is 2.27. The molecule has 1 amide bonds. The number of fused-ring (bicyclic) bond motifs is 1. The Hall–Kier alpha value is -2.01. The molecule has 1 unspecified atom stereocenters. The molecule has 0 aliphatic carbocycles. The summed E-state index contributed by atoms with van der Waals surface area (Å²) in [5.74, 6) is -0.576. The van der Waals surface area contributed by atoms with Gasteiger partial charge in [0.15, 0.2) is 0 Å². The first-order valence-electron chi connectivity index (χ1n) is 4.45. The predicted octanol–water partition coefficient (Wildman–Crippen LogP) is 0.115. The van der Waals surface area contributed by atoms with Crippen molar-refractivity contribution in [3.8, 4) is 0 Å². The van der Waals surface area contributed by atoms with Crippen LogP contribution in [-0.4, -0.2) is 16.1 Å². The largest absolute Gasteiger partial charge is 0.368 e. The molecule has 5 nitrogen and oxygen atoms in total. The Labute approximate surface area is 86.1 Å². The summed E-state index contributed by atoms with van der Waals surface area (Å²) < 4.78 is 0. The second-order valence-corrected chi connectivity index (χ2v) is 3.20. The van der Waals surface area contributed by atoms with E-state index in [-0.39, 0.29) is 0 Å². The minimum absolute atomic E-state index is 0.576. The van der Waals surface area contributed by atoms with E-state index in [0.717, 1.165) is 5.39 Å². The molecule has 76 valence electrons. The van der Waals surface area contributed by atoms with E-state index < -0.39 is 11.9 Å². The van der Waals surface area contributed by atoms with Crippen LogP contribution in [0.25, 0.3) is 10.9 Å². The van der Waals surface area contributed by atoms with Crippen molar-refractivity contribution >= 4 is 16.8 Å². The maximum atomic E-state index is 11.0. The summed E-state index contributed by atoms with van der Waals surface area (Å²) in [7, 11) is 0. The lowest BCUT2D eigenvalue weighted by molar-refractivity contribution is -0.119. The van der Waals surface area contributed by atoms with Crippen molar-refractivity contribution in [2.75, 3.05) is 0 Å².